The third-order valence-electron chi connectivity index (χ3n) is 8.16. The van der Waals surface area contributed by atoms with Crippen molar-refractivity contribution in [2.45, 2.75) is 142 Å². The molecule has 0 aliphatic carbocycles. The van der Waals surface area contributed by atoms with Crippen LogP contribution in [0, 0.1) is 0 Å². The zero-order valence-electron chi connectivity index (χ0n) is 35.1. The van der Waals surface area contributed by atoms with Crippen LogP contribution in [0.3, 0.4) is 0 Å². The van der Waals surface area contributed by atoms with E-state index in [0.717, 1.165) is 77.0 Å². The van der Waals surface area contributed by atoms with Crippen molar-refractivity contribution in [3.05, 3.63) is 85.1 Å². The molecule has 0 heterocycles. The fourth-order valence-corrected chi connectivity index (χ4v) is 5.64. The molecule has 0 aromatic carbocycles. The van der Waals surface area contributed by atoms with E-state index < -0.39 is 32.5 Å². The van der Waals surface area contributed by atoms with E-state index in [1.165, 1.54) is 19.3 Å². The van der Waals surface area contributed by atoms with E-state index in [1.807, 2.05) is 33.3 Å². The van der Waals surface area contributed by atoms with Crippen molar-refractivity contribution in [2.24, 2.45) is 0 Å². The van der Waals surface area contributed by atoms with E-state index in [0.29, 0.717) is 23.9 Å². The Bertz CT molecular complexity index is 1210. The Morgan fingerprint density at radius 3 is 1.62 bits per heavy atom. The average molecular weight is 790 g/mol. The van der Waals surface area contributed by atoms with Crippen molar-refractivity contribution in [3.8, 4) is 0 Å². The molecule has 10 heteroatoms. The molecule has 0 spiro atoms. The first-order valence-electron chi connectivity index (χ1n) is 20.8. The number of phosphoric ester groups is 1. The van der Waals surface area contributed by atoms with E-state index >= 15 is 0 Å². The third kappa shape index (κ3) is 40.7. The Morgan fingerprint density at radius 2 is 1.07 bits per heavy atom. The van der Waals surface area contributed by atoms with Gasteiger partial charge in [0.05, 0.1) is 27.7 Å². The smallest absolute Gasteiger partial charge is 0.306 e. The van der Waals surface area contributed by atoms with Crippen molar-refractivity contribution >= 4 is 19.8 Å². The van der Waals surface area contributed by atoms with Crippen molar-refractivity contribution in [2.75, 3.05) is 47.5 Å². The third-order valence-corrected chi connectivity index (χ3v) is 9.13. The number of carbonyl (C=O) groups is 2. The summed E-state index contributed by atoms with van der Waals surface area (Å²) in [7, 11) is 1.11. The van der Waals surface area contributed by atoms with Crippen LogP contribution in [0.15, 0.2) is 85.1 Å². The van der Waals surface area contributed by atoms with Gasteiger partial charge in [-0.2, -0.15) is 0 Å². The largest absolute Gasteiger partial charge is 0.756 e. The van der Waals surface area contributed by atoms with Gasteiger partial charge < -0.3 is 27.9 Å². The van der Waals surface area contributed by atoms with Crippen LogP contribution >= 0.6 is 7.82 Å². The molecule has 0 saturated heterocycles. The van der Waals surface area contributed by atoms with Gasteiger partial charge in [-0.15, -0.1) is 0 Å². The van der Waals surface area contributed by atoms with Crippen LogP contribution in [0.2, 0.25) is 0 Å². The second-order valence-corrected chi connectivity index (χ2v) is 16.0. The molecule has 0 fully saturated rings. The first kappa shape index (κ1) is 52.2. The number of hydrogen-bond donors (Lipinski definition) is 0. The van der Waals surface area contributed by atoms with Gasteiger partial charge in [-0.1, -0.05) is 131 Å². The highest BCUT2D eigenvalue weighted by atomic mass is 31.2. The fourth-order valence-electron chi connectivity index (χ4n) is 4.91. The highest BCUT2D eigenvalue weighted by Crippen LogP contribution is 2.38. The zero-order valence-corrected chi connectivity index (χ0v) is 36.0. The topological polar surface area (TPSA) is 111 Å². The minimum absolute atomic E-state index is 0.0481. The maximum absolute atomic E-state index is 12.6. The minimum atomic E-state index is -4.64. The summed E-state index contributed by atoms with van der Waals surface area (Å²) in [4.78, 5) is 37.4. The zero-order chi connectivity index (χ0) is 40.7. The molecule has 0 N–H and O–H groups in total. The van der Waals surface area contributed by atoms with Gasteiger partial charge in [0.2, 0.25) is 0 Å². The van der Waals surface area contributed by atoms with Gasteiger partial charge in [0.15, 0.2) is 6.10 Å². The predicted molar refractivity (Wildman–Crippen MR) is 226 cm³/mol. The second kappa shape index (κ2) is 36.8. The first-order valence-corrected chi connectivity index (χ1v) is 22.3. The molecule has 0 aliphatic rings. The lowest BCUT2D eigenvalue weighted by molar-refractivity contribution is -0.870. The maximum Gasteiger partial charge on any atom is 0.306 e. The van der Waals surface area contributed by atoms with Gasteiger partial charge in [0, 0.05) is 12.8 Å². The summed E-state index contributed by atoms with van der Waals surface area (Å²) in [5.41, 5.74) is 0. The number of allylic oxidation sites excluding steroid dienone is 14. The Morgan fingerprint density at radius 1 is 0.582 bits per heavy atom. The van der Waals surface area contributed by atoms with Crippen LogP contribution in [0.25, 0.3) is 0 Å². The molecule has 0 aromatic heterocycles. The number of carbonyl (C=O) groups excluding carboxylic acids is 2. The molecule has 9 nitrogen and oxygen atoms in total. The van der Waals surface area contributed by atoms with Crippen LogP contribution in [0.5, 0.6) is 0 Å². The normalized spacial score (nSPS) is 14.5. The minimum Gasteiger partial charge on any atom is -0.756 e. The summed E-state index contributed by atoms with van der Waals surface area (Å²) in [6.45, 7) is 3.96. The average Bonchev–Trinajstić information content (AvgIpc) is 3.13. The lowest BCUT2D eigenvalue weighted by atomic mass is 10.1. The fraction of sp³-hybridized carbons (Fsp3) is 0.644. The summed E-state index contributed by atoms with van der Waals surface area (Å²) in [6, 6.07) is 0. The SMILES string of the molecule is CC/C=C\C/C=C\C/C=C\C/C=C\C/C=C\C/C=C\CCC(=O)OC[C@H](COP(=O)([O-])OCC[N+](C)(C)C)OC(=O)CCCCCCC/C=C\CCCCC. The number of phosphoric acid groups is 1. The lowest BCUT2D eigenvalue weighted by Crippen LogP contribution is -2.37. The highest BCUT2D eigenvalue weighted by molar-refractivity contribution is 7.45. The molecule has 0 rings (SSSR count). The number of ether oxygens (including phenoxy) is 2. The van der Waals surface area contributed by atoms with E-state index in [9.17, 15) is 19.0 Å². The van der Waals surface area contributed by atoms with E-state index in [4.69, 9.17) is 18.5 Å². The van der Waals surface area contributed by atoms with E-state index in [-0.39, 0.29) is 26.1 Å². The van der Waals surface area contributed by atoms with E-state index in [1.54, 1.807) is 0 Å². The molecule has 0 saturated carbocycles. The molecular weight excluding hydrogens is 713 g/mol. The first-order chi connectivity index (χ1) is 26.5. The Hall–Kier alpha value is -2.81. The molecule has 55 heavy (non-hydrogen) atoms. The monoisotopic (exact) mass is 790 g/mol. The summed E-state index contributed by atoms with van der Waals surface area (Å²) < 4.78 is 33.7. The standard InChI is InChI=1S/C45H76NO8P/c1-6-8-10-12-14-16-18-20-21-22-23-24-25-26-28-29-31-33-35-37-44(47)51-41-43(42-53-55(49,50)52-40-39-46(3,4)5)54-45(48)38-36-34-32-30-27-19-17-15-13-11-9-7-2/h8,10,14-17,20-21,23-24,26,28,31,33,43H,6-7,9,11-13,18-19,22,25,27,29-30,32,34-42H2,1-5H3/b10-8-,16-14-,17-15-,21-20-,24-23-,28-26-,33-31-/t43-/m1/s1. The predicted octanol–water partition coefficient (Wildman–Crippen LogP) is 11.0. The number of nitrogens with zero attached hydrogens (tertiary/aromatic N) is 1. The van der Waals surface area contributed by atoms with Crippen LogP contribution in [0.4, 0.5) is 0 Å². The van der Waals surface area contributed by atoms with Gasteiger partial charge in [0.25, 0.3) is 7.82 Å². The van der Waals surface area contributed by atoms with Crippen molar-refractivity contribution in [1.29, 1.82) is 0 Å². The van der Waals surface area contributed by atoms with E-state index in [2.05, 4.69) is 86.8 Å². The maximum atomic E-state index is 12.6. The van der Waals surface area contributed by atoms with Gasteiger partial charge >= 0.3 is 11.9 Å². The van der Waals surface area contributed by atoms with Crippen molar-refractivity contribution in [1.82, 2.24) is 0 Å². The summed E-state index contributed by atoms with van der Waals surface area (Å²) in [5.74, 6) is -0.954. The van der Waals surface area contributed by atoms with Crippen LogP contribution in [-0.2, 0) is 32.7 Å². The number of rotatable bonds is 36. The Labute approximate surface area is 335 Å². The number of likely N-dealkylation sites (N-methyl/N-ethyl adjacent to an activating group) is 1. The Balaban J connectivity index is 4.53. The molecule has 2 atom stereocenters. The number of hydrogen-bond acceptors (Lipinski definition) is 8. The van der Waals surface area contributed by atoms with Gasteiger partial charge in [-0.05, 0) is 77.0 Å². The van der Waals surface area contributed by atoms with Crippen molar-refractivity contribution in [3.63, 3.8) is 0 Å². The molecule has 0 bridgehead atoms. The lowest BCUT2D eigenvalue weighted by Gasteiger charge is -2.28. The highest BCUT2D eigenvalue weighted by Gasteiger charge is 2.21. The van der Waals surface area contributed by atoms with Gasteiger partial charge in [0.1, 0.15) is 19.8 Å². The summed E-state index contributed by atoms with van der Waals surface area (Å²) in [5, 5.41) is 0. The molecular formula is C45H76NO8P. The molecule has 0 aliphatic heterocycles. The van der Waals surface area contributed by atoms with Gasteiger partial charge in [-0.3, -0.25) is 14.2 Å². The number of esters is 2. The Kier molecular flexibility index (Phi) is 34.9. The summed E-state index contributed by atoms with van der Waals surface area (Å²) >= 11 is 0. The number of quaternary nitrogens is 1. The van der Waals surface area contributed by atoms with Crippen molar-refractivity contribution < 1.29 is 42.1 Å². The van der Waals surface area contributed by atoms with Crippen LogP contribution in [0.1, 0.15) is 136 Å². The summed E-state index contributed by atoms with van der Waals surface area (Å²) in [6.07, 6.45) is 46.3. The molecule has 0 radical (unpaired) electrons. The quantitative estimate of drug-likeness (QED) is 0.0203. The number of unbranched alkanes of at least 4 members (excludes halogenated alkanes) is 8. The second-order valence-electron chi connectivity index (χ2n) is 14.6. The van der Waals surface area contributed by atoms with Crippen LogP contribution in [-0.4, -0.2) is 70.0 Å². The molecule has 0 aromatic rings. The van der Waals surface area contributed by atoms with Gasteiger partial charge in [-0.25, -0.2) is 0 Å². The molecule has 0 amide bonds. The van der Waals surface area contributed by atoms with Crippen LogP contribution < -0.4 is 4.89 Å². The molecule has 1 unspecified atom stereocenters. The molecule has 314 valence electrons.